The number of esters is 3. The first kappa shape index (κ1) is 59.4. The van der Waals surface area contributed by atoms with Crippen LogP contribution in [-0.4, -0.2) is 37.2 Å². The number of allylic oxidation sites excluding steroid dienone is 8. The normalized spacial score (nSPS) is 12.4. The standard InChI is InChI=1S/C56H100O6/c1-4-7-10-13-16-19-22-25-27-29-31-34-37-40-43-46-49-55(58)61-52-53(51-60-54(57)48-45-42-39-36-33-30-24-21-18-15-12-9-6-3)62-56(59)50-47-44-41-38-35-32-28-26-23-20-17-14-11-8-5-2/h7,10,16,19-20,23,25,27,53H,4-6,8-9,11-15,17-18,21-22,24,26,28-52H2,1-3H3/b10-7-,19-16-,23-20-,27-25-. The molecule has 0 N–H and O–H groups in total. The van der Waals surface area contributed by atoms with Crippen LogP contribution in [-0.2, 0) is 28.6 Å². The Morgan fingerprint density at radius 2 is 0.629 bits per heavy atom. The molecule has 1 atom stereocenters. The van der Waals surface area contributed by atoms with Gasteiger partial charge in [-0.2, -0.15) is 0 Å². The van der Waals surface area contributed by atoms with Crippen molar-refractivity contribution < 1.29 is 28.6 Å². The molecular weight excluding hydrogens is 769 g/mol. The first-order valence-corrected chi connectivity index (χ1v) is 26.6. The second-order valence-electron chi connectivity index (χ2n) is 17.8. The Morgan fingerprint density at radius 1 is 0.339 bits per heavy atom. The van der Waals surface area contributed by atoms with Gasteiger partial charge in [-0.15, -0.1) is 0 Å². The van der Waals surface area contributed by atoms with E-state index in [2.05, 4.69) is 69.4 Å². The van der Waals surface area contributed by atoms with Gasteiger partial charge in [0.05, 0.1) is 0 Å². The highest BCUT2D eigenvalue weighted by Gasteiger charge is 2.19. The van der Waals surface area contributed by atoms with Crippen LogP contribution in [0.4, 0.5) is 0 Å². The molecule has 0 aromatic rings. The minimum Gasteiger partial charge on any atom is -0.462 e. The molecule has 0 saturated carbocycles. The molecule has 0 heterocycles. The zero-order valence-corrected chi connectivity index (χ0v) is 41.1. The van der Waals surface area contributed by atoms with Gasteiger partial charge >= 0.3 is 17.9 Å². The second-order valence-corrected chi connectivity index (χ2v) is 17.8. The van der Waals surface area contributed by atoms with Gasteiger partial charge in [-0.1, -0.05) is 223 Å². The maximum absolute atomic E-state index is 12.8. The van der Waals surface area contributed by atoms with Crippen molar-refractivity contribution in [1.29, 1.82) is 0 Å². The molecule has 0 spiro atoms. The van der Waals surface area contributed by atoms with Gasteiger partial charge in [-0.3, -0.25) is 14.4 Å². The van der Waals surface area contributed by atoms with Crippen LogP contribution in [0.2, 0.25) is 0 Å². The lowest BCUT2D eigenvalue weighted by Crippen LogP contribution is -2.30. The van der Waals surface area contributed by atoms with Crippen molar-refractivity contribution in [3.63, 3.8) is 0 Å². The average Bonchev–Trinajstić information content (AvgIpc) is 3.27. The molecule has 0 aromatic carbocycles. The SMILES string of the molecule is CC/C=C\C/C=C\C/C=C\CCCCCCCCC(=O)OCC(COC(=O)CCCCCCCCCCCCCCC)OC(=O)CCCCCCCCC/C=C\CCCCCC. The van der Waals surface area contributed by atoms with Crippen LogP contribution in [0.5, 0.6) is 0 Å². The van der Waals surface area contributed by atoms with E-state index in [9.17, 15) is 14.4 Å². The van der Waals surface area contributed by atoms with Crippen LogP contribution in [0.1, 0.15) is 271 Å². The molecule has 0 bridgehead atoms. The van der Waals surface area contributed by atoms with Crippen LogP contribution in [0.15, 0.2) is 48.6 Å². The van der Waals surface area contributed by atoms with E-state index in [0.717, 1.165) is 83.5 Å². The third kappa shape index (κ3) is 48.4. The molecule has 0 fully saturated rings. The summed E-state index contributed by atoms with van der Waals surface area (Å²) in [6, 6.07) is 0. The van der Waals surface area contributed by atoms with Crippen LogP contribution < -0.4 is 0 Å². The summed E-state index contributed by atoms with van der Waals surface area (Å²) >= 11 is 0. The quantitative estimate of drug-likeness (QED) is 0.0262. The Balaban J connectivity index is 4.38. The fourth-order valence-corrected chi connectivity index (χ4v) is 7.57. The third-order valence-corrected chi connectivity index (χ3v) is 11.6. The Labute approximate surface area is 384 Å². The van der Waals surface area contributed by atoms with E-state index in [-0.39, 0.29) is 31.1 Å². The number of unbranched alkanes of at least 4 members (excludes halogenated alkanes) is 29. The molecule has 0 aliphatic heterocycles. The summed E-state index contributed by atoms with van der Waals surface area (Å²) < 4.78 is 16.8. The number of carbonyl (C=O) groups excluding carboxylic acids is 3. The van der Waals surface area contributed by atoms with Crippen molar-refractivity contribution in [3.05, 3.63) is 48.6 Å². The zero-order chi connectivity index (χ0) is 45.1. The predicted octanol–water partition coefficient (Wildman–Crippen LogP) is 17.5. The molecule has 0 radical (unpaired) electrons. The van der Waals surface area contributed by atoms with Crippen molar-refractivity contribution in [1.82, 2.24) is 0 Å². The Hall–Kier alpha value is -2.63. The summed E-state index contributed by atoms with van der Waals surface area (Å²) in [4.78, 5) is 38.0. The molecule has 0 aliphatic rings. The maximum Gasteiger partial charge on any atom is 0.306 e. The van der Waals surface area contributed by atoms with Gasteiger partial charge in [-0.25, -0.2) is 0 Å². The van der Waals surface area contributed by atoms with Crippen molar-refractivity contribution >= 4 is 17.9 Å². The molecule has 6 heteroatoms. The lowest BCUT2D eigenvalue weighted by Gasteiger charge is -2.18. The van der Waals surface area contributed by atoms with Gasteiger partial charge in [0.15, 0.2) is 6.10 Å². The van der Waals surface area contributed by atoms with Crippen molar-refractivity contribution in [2.24, 2.45) is 0 Å². The smallest absolute Gasteiger partial charge is 0.306 e. The third-order valence-electron chi connectivity index (χ3n) is 11.6. The van der Waals surface area contributed by atoms with Crippen molar-refractivity contribution in [2.75, 3.05) is 13.2 Å². The number of carbonyl (C=O) groups is 3. The lowest BCUT2D eigenvalue weighted by molar-refractivity contribution is -0.167. The largest absolute Gasteiger partial charge is 0.462 e. The molecule has 62 heavy (non-hydrogen) atoms. The molecule has 1 unspecified atom stereocenters. The highest BCUT2D eigenvalue weighted by atomic mass is 16.6. The van der Waals surface area contributed by atoms with E-state index in [4.69, 9.17) is 14.2 Å². The molecule has 6 nitrogen and oxygen atoms in total. The first-order valence-electron chi connectivity index (χ1n) is 26.6. The summed E-state index contributed by atoms with van der Waals surface area (Å²) in [6.07, 6.45) is 60.9. The van der Waals surface area contributed by atoms with Gasteiger partial charge in [0.25, 0.3) is 0 Å². The number of rotatable bonds is 48. The van der Waals surface area contributed by atoms with Gasteiger partial charge in [-0.05, 0) is 77.0 Å². The molecule has 0 saturated heterocycles. The number of hydrogen-bond donors (Lipinski definition) is 0. The minimum absolute atomic E-state index is 0.0765. The van der Waals surface area contributed by atoms with Crippen molar-refractivity contribution in [2.45, 2.75) is 277 Å². The predicted molar refractivity (Wildman–Crippen MR) is 265 cm³/mol. The summed E-state index contributed by atoms with van der Waals surface area (Å²) in [5.41, 5.74) is 0. The number of ether oxygens (including phenoxy) is 3. The van der Waals surface area contributed by atoms with Crippen LogP contribution in [0.3, 0.4) is 0 Å². The number of hydrogen-bond acceptors (Lipinski definition) is 6. The molecule has 0 rings (SSSR count). The second kappa shape index (κ2) is 51.0. The van der Waals surface area contributed by atoms with E-state index < -0.39 is 6.10 Å². The minimum atomic E-state index is -0.777. The zero-order valence-electron chi connectivity index (χ0n) is 41.1. The summed E-state index contributed by atoms with van der Waals surface area (Å²) in [7, 11) is 0. The topological polar surface area (TPSA) is 78.9 Å². The van der Waals surface area contributed by atoms with E-state index in [1.165, 1.54) is 148 Å². The molecule has 360 valence electrons. The van der Waals surface area contributed by atoms with E-state index in [1.54, 1.807) is 0 Å². The molecule has 0 aromatic heterocycles. The average molecular weight is 869 g/mol. The van der Waals surface area contributed by atoms with Gasteiger partial charge in [0, 0.05) is 19.3 Å². The molecule has 0 aliphatic carbocycles. The lowest BCUT2D eigenvalue weighted by atomic mass is 10.0. The van der Waals surface area contributed by atoms with E-state index >= 15 is 0 Å². The van der Waals surface area contributed by atoms with Gasteiger partial charge < -0.3 is 14.2 Å². The fourth-order valence-electron chi connectivity index (χ4n) is 7.57. The fraction of sp³-hybridized carbons (Fsp3) is 0.804. The molecular formula is C56H100O6. The van der Waals surface area contributed by atoms with E-state index in [0.29, 0.717) is 19.3 Å². The highest BCUT2D eigenvalue weighted by molar-refractivity contribution is 5.71. The highest BCUT2D eigenvalue weighted by Crippen LogP contribution is 2.15. The summed E-state index contributed by atoms with van der Waals surface area (Å²) in [5.74, 6) is -0.885. The van der Waals surface area contributed by atoms with Gasteiger partial charge in [0.1, 0.15) is 13.2 Å². The molecule has 0 amide bonds. The van der Waals surface area contributed by atoms with E-state index in [1.807, 2.05) is 0 Å². The monoisotopic (exact) mass is 869 g/mol. The first-order chi connectivity index (χ1) is 30.5. The Bertz CT molecular complexity index is 1090. The summed E-state index contributed by atoms with van der Waals surface area (Å²) in [5, 5.41) is 0. The van der Waals surface area contributed by atoms with Crippen LogP contribution in [0.25, 0.3) is 0 Å². The van der Waals surface area contributed by atoms with Crippen molar-refractivity contribution in [3.8, 4) is 0 Å². The Morgan fingerprint density at radius 3 is 1.02 bits per heavy atom. The van der Waals surface area contributed by atoms with Crippen LogP contribution in [0, 0.1) is 0 Å². The van der Waals surface area contributed by atoms with Crippen LogP contribution >= 0.6 is 0 Å². The maximum atomic E-state index is 12.8. The van der Waals surface area contributed by atoms with Gasteiger partial charge in [0.2, 0.25) is 0 Å². The Kier molecular flexibility index (Phi) is 48.8. The summed E-state index contributed by atoms with van der Waals surface area (Å²) in [6.45, 7) is 6.52.